The largest absolute Gasteiger partial charge is 0.335 e. The van der Waals surface area contributed by atoms with Crippen molar-refractivity contribution in [3.05, 3.63) is 46.5 Å². The van der Waals surface area contributed by atoms with Crippen LogP contribution in [-0.4, -0.2) is 57.9 Å². The molecule has 26 heavy (non-hydrogen) atoms. The van der Waals surface area contributed by atoms with Gasteiger partial charge in [0.25, 0.3) is 11.8 Å². The predicted molar refractivity (Wildman–Crippen MR) is 105 cm³/mol. The number of amides is 2. The number of carbonyl (C=O) groups excluding carboxylic acids is 2. The topological polar surface area (TPSA) is 53.5 Å². The molecule has 134 valence electrons. The second-order valence-corrected chi connectivity index (χ2v) is 7.96. The Hall–Kier alpha value is -2.30. The number of nitrogens with zero attached hydrogens (tertiary/aromatic N) is 3. The summed E-state index contributed by atoms with van der Waals surface area (Å²) in [5.41, 5.74) is 1.32. The van der Waals surface area contributed by atoms with Crippen LogP contribution in [0.3, 0.4) is 0 Å². The zero-order valence-corrected chi connectivity index (χ0v) is 16.1. The SMILES string of the molecule is C#CCSc1cccc(C(=O)N2CCN(C(=O)c3cnsc3C)CC2)c1. The lowest BCUT2D eigenvalue weighted by atomic mass is 10.1. The van der Waals surface area contributed by atoms with E-state index in [4.69, 9.17) is 6.42 Å². The Morgan fingerprint density at radius 2 is 1.92 bits per heavy atom. The first kappa shape index (κ1) is 18.5. The first-order valence-electron chi connectivity index (χ1n) is 8.26. The highest BCUT2D eigenvalue weighted by Crippen LogP contribution is 2.20. The van der Waals surface area contributed by atoms with Crippen LogP contribution in [0.2, 0.25) is 0 Å². The fraction of sp³-hybridized carbons (Fsp3) is 0.316. The highest BCUT2D eigenvalue weighted by Gasteiger charge is 2.26. The number of benzene rings is 1. The number of piperazine rings is 1. The lowest BCUT2D eigenvalue weighted by Crippen LogP contribution is -2.50. The van der Waals surface area contributed by atoms with Gasteiger partial charge in [0.1, 0.15) is 0 Å². The molecule has 1 saturated heterocycles. The first-order valence-corrected chi connectivity index (χ1v) is 10.0. The molecule has 2 heterocycles. The van der Waals surface area contributed by atoms with E-state index in [2.05, 4.69) is 10.3 Å². The van der Waals surface area contributed by atoms with Crippen molar-refractivity contribution in [1.29, 1.82) is 0 Å². The zero-order chi connectivity index (χ0) is 18.5. The van der Waals surface area contributed by atoms with Gasteiger partial charge in [-0.2, -0.15) is 0 Å². The van der Waals surface area contributed by atoms with Gasteiger partial charge in [0.15, 0.2) is 0 Å². The summed E-state index contributed by atoms with van der Waals surface area (Å²) in [5.74, 6) is 3.15. The van der Waals surface area contributed by atoms with E-state index in [0.717, 1.165) is 9.77 Å². The molecule has 2 aromatic rings. The number of rotatable bonds is 4. The Labute approximate surface area is 161 Å². The Morgan fingerprint density at radius 1 is 1.23 bits per heavy atom. The molecule has 1 aromatic carbocycles. The molecule has 0 bridgehead atoms. The van der Waals surface area contributed by atoms with Gasteiger partial charge in [-0.1, -0.05) is 12.0 Å². The summed E-state index contributed by atoms with van der Waals surface area (Å²) in [6.45, 7) is 4.03. The number of aryl methyl sites for hydroxylation is 1. The van der Waals surface area contributed by atoms with Crippen LogP contribution in [0.4, 0.5) is 0 Å². The van der Waals surface area contributed by atoms with Crippen LogP contribution in [0.15, 0.2) is 35.4 Å². The molecule has 1 aromatic heterocycles. The van der Waals surface area contributed by atoms with Gasteiger partial charge in [-0.25, -0.2) is 4.37 Å². The average Bonchev–Trinajstić information content (AvgIpc) is 3.11. The van der Waals surface area contributed by atoms with Gasteiger partial charge < -0.3 is 9.80 Å². The molecule has 1 aliphatic rings. The smallest absolute Gasteiger partial charge is 0.256 e. The molecule has 0 aliphatic carbocycles. The summed E-state index contributed by atoms with van der Waals surface area (Å²) in [5, 5.41) is 0. The fourth-order valence-electron chi connectivity index (χ4n) is 2.81. The molecule has 7 heteroatoms. The van der Waals surface area contributed by atoms with Crippen molar-refractivity contribution in [3.8, 4) is 12.3 Å². The van der Waals surface area contributed by atoms with Gasteiger partial charge >= 0.3 is 0 Å². The van der Waals surface area contributed by atoms with Crippen LogP contribution in [0.1, 0.15) is 25.6 Å². The van der Waals surface area contributed by atoms with E-state index in [0.29, 0.717) is 43.1 Å². The van der Waals surface area contributed by atoms with E-state index in [1.165, 1.54) is 23.3 Å². The molecule has 5 nitrogen and oxygen atoms in total. The van der Waals surface area contributed by atoms with Crippen molar-refractivity contribution in [2.24, 2.45) is 0 Å². The molecule has 1 fully saturated rings. The van der Waals surface area contributed by atoms with Gasteiger partial charge in [-0.3, -0.25) is 9.59 Å². The van der Waals surface area contributed by atoms with Crippen LogP contribution in [0.25, 0.3) is 0 Å². The molecular weight excluding hydrogens is 366 g/mol. The molecule has 0 radical (unpaired) electrons. The van der Waals surface area contributed by atoms with E-state index in [9.17, 15) is 9.59 Å². The first-order chi connectivity index (χ1) is 12.6. The summed E-state index contributed by atoms with van der Waals surface area (Å²) in [4.78, 5) is 30.8. The van der Waals surface area contributed by atoms with Crippen LogP contribution in [0.5, 0.6) is 0 Å². The average molecular weight is 386 g/mol. The zero-order valence-electron chi connectivity index (χ0n) is 14.5. The van der Waals surface area contributed by atoms with Crippen molar-refractivity contribution in [2.75, 3.05) is 31.9 Å². The van der Waals surface area contributed by atoms with E-state index in [-0.39, 0.29) is 11.8 Å². The van der Waals surface area contributed by atoms with E-state index in [1.807, 2.05) is 31.2 Å². The van der Waals surface area contributed by atoms with E-state index < -0.39 is 0 Å². The number of hydrogen-bond donors (Lipinski definition) is 0. The summed E-state index contributed by atoms with van der Waals surface area (Å²) in [6.07, 6.45) is 6.92. The summed E-state index contributed by atoms with van der Waals surface area (Å²) < 4.78 is 4.07. The molecule has 0 atom stereocenters. The maximum atomic E-state index is 12.7. The standard InChI is InChI=1S/C19H19N3O2S2/c1-3-11-25-16-6-4-5-15(12-16)18(23)21-7-9-22(10-8-21)19(24)17-13-20-26-14(17)2/h1,4-6,12-13H,7-11H2,2H3. The van der Waals surface area contributed by atoms with Crippen LogP contribution >= 0.6 is 23.3 Å². The fourth-order valence-corrected chi connectivity index (χ4v) is 4.00. The van der Waals surface area contributed by atoms with Gasteiger partial charge in [0.2, 0.25) is 0 Å². The second-order valence-electron chi connectivity index (χ2n) is 5.90. The lowest BCUT2D eigenvalue weighted by molar-refractivity contribution is 0.0535. The third-order valence-electron chi connectivity index (χ3n) is 4.24. The summed E-state index contributed by atoms with van der Waals surface area (Å²) in [6, 6.07) is 7.52. The monoisotopic (exact) mass is 385 g/mol. The highest BCUT2D eigenvalue weighted by molar-refractivity contribution is 7.99. The molecule has 0 saturated carbocycles. The van der Waals surface area contributed by atoms with Crippen molar-refractivity contribution < 1.29 is 9.59 Å². The third kappa shape index (κ3) is 4.09. The van der Waals surface area contributed by atoms with Gasteiger partial charge in [0.05, 0.1) is 17.5 Å². The van der Waals surface area contributed by atoms with Crippen molar-refractivity contribution in [2.45, 2.75) is 11.8 Å². The Morgan fingerprint density at radius 3 is 2.54 bits per heavy atom. The van der Waals surface area contributed by atoms with Crippen LogP contribution < -0.4 is 0 Å². The third-order valence-corrected chi connectivity index (χ3v) is 5.84. The molecular formula is C19H19N3O2S2. The quantitative estimate of drug-likeness (QED) is 0.600. The molecule has 2 amide bonds. The van der Waals surface area contributed by atoms with Crippen molar-refractivity contribution in [3.63, 3.8) is 0 Å². The normalized spacial score (nSPS) is 14.2. The van der Waals surface area contributed by atoms with Crippen molar-refractivity contribution in [1.82, 2.24) is 14.2 Å². The van der Waals surface area contributed by atoms with Gasteiger partial charge in [-0.05, 0) is 36.7 Å². The van der Waals surface area contributed by atoms with Gasteiger partial charge in [-0.15, -0.1) is 18.2 Å². The molecule has 0 N–H and O–H groups in total. The Bertz CT molecular complexity index is 848. The molecule has 1 aliphatic heterocycles. The second kappa shape index (κ2) is 8.39. The number of carbonyl (C=O) groups is 2. The van der Waals surface area contributed by atoms with Crippen LogP contribution in [0, 0.1) is 19.3 Å². The minimum absolute atomic E-state index is 0.00368. The molecule has 3 rings (SSSR count). The Balaban J connectivity index is 1.61. The molecule has 0 unspecified atom stereocenters. The number of hydrogen-bond acceptors (Lipinski definition) is 5. The maximum Gasteiger partial charge on any atom is 0.256 e. The number of thioether (sulfide) groups is 1. The number of aromatic nitrogens is 1. The van der Waals surface area contributed by atoms with E-state index in [1.54, 1.807) is 16.0 Å². The molecule has 0 spiro atoms. The highest BCUT2D eigenvalue weighted by atomic mass is 32.2. The maximum absolute atomic E-state index is 12.7. The summed E-state index contributed by atoms with van der Waals surface area (Å²) >= 11 is 2.87. The Kier molecular flexibility index (Phi) is 5.96. The number of terminal acetylenes is 1. The van der Waals surface area contributed by atoms with Crippen molar-refractivity contribution >= 4 is 35.1 Å². The van der Waals surface area contributed by atoms with Gasteiger partial charge in [0, 0.05) is 41.5 Å². The summed E-state index contributed by atoms with van der Waals surface area (Å²) in [7, 11) is 0. The van der Waals surface area contributed by atoms with Crippen LogP contribution in [-0.2, 0) is 0 Å². The predicted octanol–water partition coefficient (Wildman–Crippen LogP) is 2.78. The van der Waals surface area contributed by atoms with E-state index >= 15 is 0 Å². The minimum Gasteiger partial charge on any atom is -0.335 e. The lowest BCUT2D eigenvalue weighted by Gasteiger charge is -2.34. The minimum atomic E-state index is -0.00589.